The molecule has 2 N–H and O–H groups in total. The van der Waals surface area contributed by atoms with Crippen LogP contribution < -0.4 is 10.6 Å². The highest BCUT2D eigenvalue weighted by Crippen LogP contribution is 2.29. The van der Waals surface area contributed by atoms with Crippen LogP contribution in [0.2, 0.25) is 0 Å². The van der Waals surface area contributed by atoms with Gasteiger partial charge >= 0.3 is 0 Å². The number of rotatable bonds is 4. The van der Waals surface area contributed by atoms with Gasteiger partial charge in [0, 0.05) is 25.6 Å². The van der Waals surface area contributed by atoms with Gasteiger partial charge in [-0.2, -0.15) is 0 Å². The maximum Gasteiger partial charge on any atom is 0.239 e. The first-order valence-corrected chi connectivity index (χ1v) is 7.27. The summed E-state index contributed by atoms with van der Waals surface area (Å²) in [7, 11) is 0. The fourth-order valence-electron chi connectivity index (χ4n) is 2.94. The van der Waals surface area contributed by atoms with Crippen molar-refractivity contribution in [1.82, 2.24) is 15.5 Å². The standard InChI is InChI=1S/C14H25N3O2/c1-14(2)6-4-7-15-11(14)9-16-12(18)10-17-8-3-5-13(17)19/h11,15H,3-10H2,1-2H3,(H,16,18). The van der Waals surface area contributed by atoms with Crippen LogP contribution in [0, 0.1) is 5.41 Å². The second-order valence-electron chi connectivity index (χ2n) is 6.32. The lowest BCUT2D eigenvalue weighted by Gasteiger charge is -2.39. The highest BCUT2D eigenvalue weighted by atomic mass is 16.2. The largest absolute Gasteiger partial charge is 0.353 e. The Labute approximate surface area is 115 Å². The second-order valence-corrected chi connectivity index (χ2v) is 6.32. The quantitative estimate of drug-likeness (QED) is 0.780. The molecule has 0 spiro atoms. The minimum Gasteiger partial charge on any atom is -0.353 e. The van der Waals surface area contributed by atoms with E-state index in [0.29, 0.717) is 19.0 Å². The van der Waals surface area contributed by atoms with Crippen molar-refractivity contribution < 1.29 is 9.59 Å². The normalized spacial score (nSPS) is 26.5. The molecule has 2 fully saturated rings. The Morgan fingerprint density at radius 2 is 2.26 bits per heavy atom. The Bertz CT molecular complexity index is 355. The summed E-state index contributed by atoms with van der Waals surface area (Å²) in [6, 6.07) is 0.319. The van der Waals surface area contributed by atoms with Crippen molar-refractivity contribution in [3.63, 3.8) is 0 Å². The Kier molecular flexibility index (Phi) is 4.45. The van der Waals surface area contributed by atoms with Crippen LogP contribution in [0.15, 0.2) is 0 Å². The summed E-state index contributed by atoms with van der Waals surface area (Å²) in [6.07, 6.45) is 3.85. The van der Waals surface area contributed by atoms with E-state index in [1.807, 2.05) is 0 Å². The Morgan fingerprint density at radius 1 is 1.47 bits per heavy atom. The zero-order valence-electron chi connectivity index (χ0n) is 12.0. The van der Waals surface area contributed by atoms with Crippen LogP contribution >= 0.6 is 0 Å². The van der Waals surface area contributed by atoms with Crippen molar-refractivity contribution in [2.75, 3.05) is 26.2 Å². The van der Waals surface area contributed by atoms with Crippen LogP contribution in [0.1, 0.15) is 39.5 Å². The fourth-order valence-corrected chi connectivity index (χ4v) is 2.94. The molecule has 5 heteroatoms. The smallest absolute Gasteiger partial charge is 0.239 e. The van der Waals surface area contributed by atoms with Crippen molar-refractivity contribution in [1.29, 1.82) is 0 Å². The number of piperidine rings is 1. The van der Waals surface area contributed by atoms with E-state index in [2.05, 4.69) is 24.5 Å². The Morgan fingerprint density at radius 3 is 2.89 bits per heavy atom. The van der Waals surface area contributed by atoms with Gasteiger partial charge in [0.25, 0.3) is 0 Å². The average molecular weight is 267 g/mol. The van der Waals surface area contributed by atoms with Gasteiger partial charge in [-0.25, -0.2) is 0 Å². The van der Waals surface area contributed by atoms with Crippen molar-refractivity contribution in [2.24, 2.45) is 5.41 Å². The van der Waals surface area contributed by atoms with Gasteiger partial charge in [-0.15, -0.1) is 0 Å². The van der Waals surface area contributed by atoms with Gasteiger partial charge < -0.3 is 15.5 Å². The molecule has 108 valence electrons. The van der Waals surface area contributed by atoms with Gasteiger partial charge in [0.2, 0.25) is 11.8 Å². The Balaban J connectivity index is 1.75. The number of amides is 2. The molecule has 19 heavy (non-hydrogen) atoms. The van der Waals surface area contributed by atoms with Gasteiger partial charge in [-0.05, 0) is 31.2 Å². The minimum absolute atomic E-state index is 0.0431. The molecular formula is C14H25N3O2. The molecule has 0 aromatic carbocycles. The number of hydrogen-bond acceptors (Lipinski definition) is 3. The lowest BCUT2D eigenvalue weighted by molar-refractivity contribution is -0.133. The third kappa shape index (κ3) is 3.69. The van der Waals surface area contributed by atoms with Crippen LogP contribution in [-0.4, -0.2) is 48.9 Å². The average Bonchev–Trinajstić information content (AvgIpc) is 2.73. The monoisotopic (exact) mass is 267 g/mol. The lowest BCUT2D eigenvalue weighted by atomic mass is 9.77. The van der Waals surface area contributed by atoms with Crippen LogP contribution in [0.4, 0.5) is 0 Å². The van der Waals surface area contributed by atoms with Crippen molar-refractivity contribution >= 4 is 11.8 Å². The first-order chi connectivity index (χ1) is 8.99. The highest BCUT2D eigenvalue weighted by molar-refractivity contribution is 5.85. The summed E-state index contributed by atoms with van der Waals surface area (Å²) in [5.41, 5.74) is 0.217. The second kappa shape index (κ2) is 5.90. The van der Waals surface area contributed by atoms with E-state index in [1.165, 1.54) is 12.8 Å². The van der Waals surface area contributed by atoms with E-state index in [1.54, 1.807) is 4.90 Å². The third-order valence-electron chi connectivity index (χ3n) is 4.34. The van der Waals surface area contributed by atoms with Crippen LogP contribution in [0.5, 0.6) is 0 Å². The number of carbonyl (C=O) groups excluding carboxylic acids is 2. The molecule has 0 aromatic rings. The zero-order valence-corrected chi connectivity index (χ0v) is 12.0. The van der Waals surface area contributed by atoms with Crippen molar-refractivity contribution in [3.05, 3.63) is 0 Å². The van der Waals surface area contributed by atoms with Gasteiger partial charge in [-0.3, -0.25) is 9.59 Å². The maximum absolute atomic E-state index is 11.9. The summed E-state index contributed by atoms with van der Waals surface area (Å²) < 4.78 is 0. The van der Waals surface area contributed by atoms with Gasteiger partial charge in [0.1, 0.15) is 0 Å². The summed E-state index contributed by atoms with van der Waals surface area (Å²) in [5.74, 6) is 0.0599. The zero-order chi connectivity index (χ0) is 13.9. The first-order valence-electron chi connectivity index (χ1n) is 7.27. The molecule has 2 aliphatic heterocycles. The van der Waals surface area contributed by atoms with E-state index in [4.69, 9.17) is 0 Å². The molecule has 2 heterocycles. The number of nitrogens with zero attached hydrogens (tertiary/aromatic N) is 1. The molecule has 0 aromatic heterocycles. The highest BCUT2D eigenvalue weighted by Gasteiger charge is 2.32. The first kappa shape index (κ1) is 14.3. The molecule has 0 saturated carbocycles. The Hall–Kier alpha value is -1.10. The molecule has 2 rings (SSSR count). The van der Waals surface area contributed by atoms with Crippen LogP contribution in [0.3, 0.4) is 0 Å². The molecule has 1 unspecified atom stereocenters. The summed E-state index contributed by atoms with van der Waals surface area (Å²) in [6.45, 7) is 7.08. The van der Waals surface area contributed by atoms with Gasteiger partial charge in [0.05, 0.1) is 6.54 Å². The van der Waals surface area contributed by atoms with Gasteiger partial charge in [0.15, 0.2) is 0 Å². The summed E-state index contributed by atoms with van der Waals surface area (Å²) in [5, 5.41) is 6.43. The fraction of sp³-hybridized carbons (Fsp3) is 0.857. The third-order valence-corrected chi connectivity index (χ3v) is 4.34. The van der Waals surface area contributed by atoms with E-state index in [-0.39, 0.29) is 23.8 Å². The van der Waals surface area contributed by atoms with E-state index in [0.717, 1.165) is 19.5 Å². The number of likely N-dealkylation sites (tertiary alicyclic amines) is 1. The van der Waals surface area contributed by atoms with E-state index in [9.17, 15) is 9.59 Å². The molecule has 0 aliphatic carbocycles. The molecule has 0 bridgehead atoms. The van der Waals surface area contributed by atoms with Crippen LogP contribution in [0.25, 0.3) is 0 Å². The number of carbonyl (C=O) groups is 2. The lowest BCUT2D eigenvalue weighted by Crippen LogP contribution is -2.53. The van der Waals surface area contributed by atoms with E-state index < -0.39 is 0 Å². The molecule has 0 radical (unpaired) electrons. The molecule has 1 atom stereocenters. The minimum atomic E-state index is -0.0431. The SMILES string of the molecule is CC1(C)CCCNC1CNC(=O)CN1CCCC1=O. The van der Waals surface area contributed by atoms with E-state index >= 15 is 0 Å². The molecule has 2 saturated heterocycles. The summed E-state index contributed by atoms with van der Waals surface area (Å²) >= 11 is 0. The predicted molar refractivity (Wildman–Crippen MR) is 73.6 cm³/mol. The molecule has 2 aliphatic rings. The molecule has 2 amide bonds. The number of nitrogens with one attached hydrogen (secondary N) is 2. The van der Waals surface area contributed by atoms with Crippen molar-refractivity contribution in [2.45, 2.75) is 45.6 Å². The van der Waals surface area contributed by atoms with Gasteiger partial charge in [-0.1, -0.05) is 13.8 Å². The number of hydrogen-bond donors (Lipinski definition) is 2. The maximum atomic E-state index is 11.9. The summed E-state index contributed by atoms with van der Waals surface area (Å²) in [4.78, 5) is 25.0. The van der Waals surface area contributed by atoms with Crippen molar-refractivity contribution in [3.8, 4) is 0 Å². The predicted octanol–water partition coefficient (Wildman–Crippen LogP) is 0.503. The topological polar surface area (TPSA) is 61.4 Å². The molecule has 5 nitrogen and oxygen atoms in total. The molecular weight excluding hydrogens is 242 g/mol. The van der Waals surface area contributed by atoms with Crippen LogP contribution in [-0.2, 0) is 9.59 Å².